The highest BCUT2D eigenvalue weighted by Crippen LogP contribution is 2.33. The molecule has 0 spiro atoms. The van der Waals surface area contributed by atoms with Gasteiger partial charge in [0.05, 0.1) is 27.0 Å². The first kappa shape index (κ1) is 23.1. The molecule has 2 aromatic carbocycles. The lowest BCUT2D eigenvalue weighted by atomic mass is 10.2. The van der Waals surface area contributed by atoms with Crippen LogP contribution in [0.4, 0.5) is 0 Å². The van der Waals surface area contributed by atoms with Crippen LogP contribution in [0, 0.1) is 0 Å². The smallest absolute Gasteiger partial charge is 0.344 e. The van der Waals surface area contributed by atoms with Crippen LogP contribution in [-0.2, 0) is 16.1 Å². The second-order valence-electron chi connectivity index (χ2n) is 6.57. The highest BCUT2D eigenvalue weighted by molar-refractivity contribution is 7.13. The summed E-state index contributed by atoms with van der Waals surface area (Å²) in [6, 6.07) is 11.1. The van der Waals surface area contributed by atoms with Gasteiger partial charge in [-0.1, -0.05) is 18.2 Å². The van der Waals surface area contributed by atoms with Gasteiger partial charge in [0.1, 0.15) is 11.6 Å². The molecule has 3 aromatic rings. The fourth-order valence-electron chi connectivity index (χ4n) is 2.91. The van der Waals surface area contributed by atoms with Crippen LogP contribution in [0.15, 0.2) is 47.9 Å². The Hall–Kier alpha value is -3.52. The Labute approximate surface area is 191 Å². The van der Waals surface area contributed by atoms with Crippen molar-refractivity contribution in [2.24, 2.45) is 0 Å². The van der Waals surface area contributed by atoms with Crippen molar-refractivity contribution in [1.29, 1.82) is 0 Å². The summed E-state index contributed by atoms with van der Waals surface area (Å²) in [6.07, 6.45) is 3.88. The van der Waals surface area contributed by atoms with E-state index in [2.05, 4.69) is 4.98 Å². The van der Waals surface area contributed by atoms with Crippen LogP contribution < -0.4 is 18.9 Å². The maximum absolute atomic E-state index is 12.1. The van der Waals surface area contributed by atoms with Crippen molar-refractivity contribution in [3.8, 4) is 33.6 Å². The van der Waals surface area contributed by atoms with E-state index >= 15 is 0 Å². The maximum atomic E-state index is 12.1. The predicted molar refractivity (Wildman–Crippen MR) is 124 cm³/mol. The number of hydrogen-bond acceptors (Lipinski definition) is 8. The number of allylic oxidation sites excluding steroid dienone is 1. The third-order valence-electron chi connectivity index (χ3n) is 4.46. The number of methoxy groups -OCH3 is 3. The minimum Gasteiger partial charge on any atom is -0.493 e. The largest absolute Gasteiger partial charge is 0.493 e. The van der Waals surface area contributed by atoms with Gasteiger partial charge in [0.2, 0.25) is 0 Å². The molecule has 0 amide bonds. The van der Waals surface area contributed by atoms with Gasteiger partial charge in [0.15, 0.2) is 29.6 Å². The highest BCUT2D eigenvalue weighted by Gasteiger charge is 2.12. The molecule has 0 saturated heterocycles. The van der Waals surface area contributed by atoms with E-state index in [0.717, 1.165) is 16.1 Å². The second-order valence-corrected chi connectivity index (χ2v) is 7.43. The molecule has 0 aliphatic carbocycles. The summed E-state index contributed by atoms with van der Waals surface area (Å²) in [5.74, 6) is 1.80. The van der Waals surface area contributed by atoms with Crippen molar-refractivity contribution in [3.05, 3.63) is 59.1 Å². The molecular formula is C24H25NO6S. The van der Waals surface area contributed by atoms with E-state index in [1.165, 1.54) is 11.3 Å². The number of aromatic nitrogens is 1. The normalized spacial score (nSPS) is 10.8. The van der Waals surface area contributed by atoms with Crippen LogP contribution in [0.5, 0.6) is 23.0 Å². The molecule has 32 heavy (non-hydrogen) atoms. The van der Waals surface area contributed by atoms with Gasteiger partial charge >= 0.3 is 5.97 Å². The van der Waals surface area contributed by atoms with Crippen LogP contribution in [0.2, 0.25) is 0 Å². The zero-order chi connectivity index (χ0) is 22.9. The third kappa shape index (κ3) is 5.79. The van der Waals surface area contributed by atoms with E-state index in [1.54, 1.807) is 27.4 Å². The van der Waals surface area contributed by atoms with Crippen molar-refractivity contribution in [1.82, 2.24) is 4.98 Å². The Morgan fingerprint density at radius 2 is 1.69 bits per heavy atom. The fraction of sp³-hybridized carbons (Fsp3) is 0.250. The van der Waals surface area contributed by atoms with Gasteiger partial charge in [0, 0.05) is 10.9 Å². The third-order valence-corrected chi connectivity index (χ3v) is 5.40. The Balaban J connectivity index is 1.56. The molecule has 0 aliphatic heterocycles. The molecule has 0 saturated carbocycles. The summed E-state index contributed by atoms with van der Waals surface area (Å²) in [6.45, 7) is 1.77. The molecule has 0 radical (unpaired) electrons. The first-order valence-electron chi connectivity index (χ1n) is 9.84. The first-order valence-corrected chi connectivity index (χ1v) is 10.7. The van der Waals surface area contributed by atoms with Gasteiger partial charge < -0.3 is 23.7 Å². The molecule has 168 valence electrons. The number of ether oxygens (including phenoxy) is 5. The van der Waals surface area contributed by atoms with Crippen LogP contribution in [0.3, 0.4) is 0 Å². The van der Waals surface area contributed by atoms with E-state index in [9.17, 15) is 4.79 Å². The molecule has 0 unspecified atom stereocenters. The highest BCUT2D eigenvalue weighted by atomic mass is 32.1. The average molecular weight is 456 g/mol. The molecule has 1 heterocycles. The van der Waals surface area contributed by atoms with E-state index in [1.807, 2.05) is 54.8 Å². The summed E-state index contributed by atoms with van der Waals surface area (Å²) in [4.78, 5) is 16.7. The standard InChI is InChI=1S/C24H25NO6S/c1-5-6-16-7-9-20(21(11-16)28-3)30-14-23(26)31-13-18-15-32-24(25-18)17-8-10-19(27-2)22(12-17)29-4/h5-12,15H,13-14H2,1-4H3/b6-5+. The Morgan fingerprint density at radius 1 is 0.969 bits per heavy atom. The minimum absolute atomic E-state index is 0.0589. The summed E-state index contributed by atoms with van der Waals surface area (Å²) in [5, 5.41) is 2.64. The summed E-state index contributed by atoms with van der Waals surface area (Å²) in [5.41, 5.74) is 2.52. The topological polar surface area (TPSA) is 76.1 Å². The predicted octanol–water partition coefficient (Wildman–Crippen LogP) is 4.99. The molecule has 3 rings (SSSR count). The number of rotatable bonds is 10. The number of hydrogen-bond donors (Lipinski definition) is 0. The lowest BCUT2D eigenvalue weighted by molar-refractivity contribution is -0.147. The second kappa shape index (κ2) is 11.2. The molecular weight excluding hydrogens is 430 g/mol. The summed E-state index contributed by atoms with van der Waals surface area (Å²) in [7, 11) is 4.73. The van der Waals surface area contributed by atoms with Gasteiger partial charge in [-0.05, 0) is 42.8 Å². The number of esters is 1. The summed E-state index contributed by atoms with van der Waals surface area (Å²) < 4.78 is 26.8. The molecule has 0 fully saturated rings. The SMILES string of the molecule is C/C=C/c1ccc(OCC(=O)OCc2csc(-c3ccc(OC)c(OC)c3)n2)c(OC)c1. The maximum Gasteiger partial charge on any atom is 0.344 e. The fourth-order valence-corrected chi connectivity index (χ4v) is 3.71. The molecule has 1 aromatic heterocycles. The quantitative estimate of drug-likeness (QED) is 0.399. The van der Waals surface area contributed by atoms with Gasteiger partial charge in [-0.3, -0.25) is 0 Å². The summed E-state index contributed by atoms with van der Waals surface area (Å²) >= 11 is 1.46. The molecule has 0 N–H and O–H groups in total. The minimum atomic E-state index is -0.495. The van der Waals surface area contributed by atoms with Gasteiger partial charge in [-0.2, -0.15) is 0 Å². The van der Waals surface area contributed by atoms with Gasteiger partial charge in [0.25, 0.3) is 0 Å². The number of carbonyl (C=O) groups is 1. The average Bonchev–Trinajstić information content (AvgIpc) is 3.30. The van der Waals surface area contributed by atoms with Crippen molar-refractivity contribution in [2.75, 3.05) is 27.9 Å². The number of benzene rings is 2. The van der Waals surface area contributed by atoms with E-state index in [4.69, 9.17) is 23.7 Å². The monoisotopic (exact) mass is 455 g/mol. The van der Waals surface area contributed by atoms with Crippen molar-refractivity contribution in [3.63, 3.8) is 0 Å². The lowest BCUT2D eigenvalue weighted by Crippen LogP contribution is -2.15. The Kier molecular flexibility index (Phi) is 8.10. The van der Waals surface area contributed by atoms with Gasteiger partial charge in [-0.25, -0.2) is 9.78 Å². The zero-order valence-corrected chi connectivity index (χ0v) is 19.2. The molecule has 0 atom stereocenters. The zero-order valence-electron chi connectivity index (χ0n) is 18.4. The Morgan fingerprint density at radius 3 is 2.41 bits per heavy atom. The molecule has 0 aliphatic rings. The molecule has 7 nitrogen and oxygen atoms in total. The lowest BCUT2D eigenvalue weighted by Gasteiger charge is -2.11. The van der Waals surface area contributed by atoms with E-state index in [0.29, 0.717) is 28.7 Å². The number of nitrogens with zero attached hydrogens (tertiary/aromatic N) is 1. The van der Waals surface area contributed by atoms with Gasteiger partial charge in [-0.15, -0.1) is 11.3 Å². The van der Waals surface area contributed by atoms with Crippen LogP contribution in [0.25, 0.3) is 16.6 Å². The molecule has 8 heteroatoms. The van der Waals surface area contributed by atoms with E-state index in [-0.39, 0.29) is 13.2 Å². The van der Waals surface area contributed by atoms with Crippen LogP contribution >= 0.6 is 11.3 Å². The number of carbonyl (C=O) groups excluding carboxylic acids is 1. The van der Waals surface area contributed by atoms with Crippen LogP contribution in [0.1, 0.15) is 18.2 Å². The van der Waals surface area contributed by atoms with Crippen molar-refractivity contribution >= 4 is 23.4 Å². The van der Waals surface area contributed by atoms with Crippen molar-refractivity contribution < 1.29 is 28.5 Å². The Bertz CT molecular complexity index is 1090. The first-order chi connectivity index (χ1) is 15.6. The number of thiazole rings is 1. The van der Waals surface area contributed by atoms with Crippen LogP contribution in [-0.4, -0.2) is 38.9 Å². The van der Waals surface area contributed by atoms with E-state index < -0.39 is 5.97 Å². The van der Waals surface area contributed by atoms with Crippen molar-refractivity contribution in [2.45, 2.75) is 13.5 Å². The molecule has 0 bridgehead atoms.